The highest BCUT2D eigenvalue weighted by molar-refractivity contribution is 6.00. The second kappa shape index (κ2) is 11.4. The van der Waals surface area contributed by atoms with Crippen LogP contribution in [0.5, 0.6) is 0 Å². The maximum atomic E-state index is 13.3. The minimum absolute atomic E-state index is 0.127. The second-order valence-corrected chi connectivity index (χ2v) is 12.9. The topological polar surface area (TPSA) is 124 Å². The van der Waals surface area contributed by atoms with Crippen LogP contribution in [0.1, 0.15) is 41.4 Å². The number of hydrogen-bond donors (Lipinski definition) is 1. The lowest BCUT2D eigenvalue weighted by Gasteiger charge is -2.30. The maximum Gasteiger partial charge on any atom is 0.415 e. The molecule has 0 spiro atoms. The van der Waals surface area contributed by atoms with Crippen LogP contribution in [-0.4, -0.2) is 79.9 Å². The Labute approximate surface area is 271 Å². The Morgan fingerprint density at radius 1 is 1.04 bits per heavy atom. The molecule has 2 N–H and O–H groups in total. The molecule has 242 valence electrons. The van der Waals surface area contributed by atoms with Gasteiger partial charge in [0, 0.05) is 43.2 Å². The second-order valence-electron chi connectivity index (χ2n) is 12.9. The molecule has 47 heavy (non-hydrogen) atoms. The number of amides is 2. The number of aromatic nitrogens is 5. The average molecular weight is 637 g/mol. The number of nitrogens with zero attached hydrogens (tertiary/aromatic N) is 7. The molecule has 5 aromatic rings. The Bertz CT molecular complexity index is 2070. The van der Waals surface area contributed by atoms with Crippen molar-refractivity contribution in [3.05, 3.63) is 59.3 Å². The van der Waals surface area contributed by atoms with Gasteiger partial charge in [-0.05, 0) is 79.6 Å². The summed E-state index contributed by atoms with van der Waals surface area (Å²) in [6.45, 7) is 3.80. The molecule has 1 saturated heterocycles. The Morgan fingerprint density at radius 2 is 1.89 bits per heavy atom. The summed E-state index contributed by atoms with van der Waals surface area (Å²) in [5.41, 5.74) is 13.6. The zero-order valence-corrected chi connectivity index (χ0v) is 26.6. The lowest BCUT2D eigenvalue weighted by molar-refractivity contribution is 0.0725. The standard InChI is InChI=1S/C35H37FN8O3/c1-3-26-24(7-9-31(38-26)43-12-13-47-35(43)46)27-8-6-22-15-30(44(32(22)39-27)18-20-4-5-20)33-40-28-16-25-21(14-29(28)41(33)2)10-11-42(34(25)45)19-23(37)17-36/h6-9,14-16,20,23H,3-5,10-13,17-19,37H2,1-2H3/t23-/m1/s1. The maximum absolute atomic E-state index is 13.3. The number of hydrogen-bond acceptors (Lipinski definition) is 7. The van der Waals surface area contributed by atoms with Crippen molar-refractivity contribution in [2.75, 3.05) is 37.8 Å². The van der Waals surface area contributed by atoms with E-state index in [1.165, 1.54) is 12.8 Å². The molecule has 1 aliphatic carbocycles. The van der Waals surface area contributed by atoms with Crippen LogP contribution in [0.25, 0.3) is 44.8 Å². The summed E-state index contributed by atoms with van der Waals surface area (Å²) in [6, 6.07) is 13.4. The van der Waals surface area contributed by atoms with Gasteiger partial charge in [0.1, 0.15) is 24.7 Å². The number of cyclic esters (lactones) is 1. The van der Waals surface area contributed by atoms with Gasteiger partial charge in [-0.1, -0.05) is 6.92 Å². The Morgan fingerprint density at radius 3 is 2.64 bits per heavy atom. The number of carbonyl (C=O) groups is 2. The van der Waals surface area contributed by atoms with Crippen LogP contribution in [-0.2, 0) is 31.2 Å². The third-order valence-electron chi connectivity index (χ3n) is 9.65. The smallest absolute Gasteiger partial charge is 0.415 e. The van der Waals surface area contributed by atoms with Gasteiger partial charge in [-0.15, -0.1) is 0 Å². The summed E-state index contributed by atoms with van der Waals surface area (Å²) in [7, 11) is 2.02. The van der Waals surface area contributed by atoms with Crippen molar-refractivity contribution in [1.82, 2.24) is 29.0 Å². The molecule has 4 aromatic heterocycles. The van der Waals surface area contributed by atoms with Crippen LogP contribution >= 0.6 is 0 Å². The van der Waals surface area contributed by atoms with E-state index in [1.807, 2.05) is 31.3 Å². The first kappa shape index (κ1) is 29.6. The molecule has 2 amide bonds. The van der Waals surface area contributed by atoms with E-state index < -0.39 is 12.7 Å². The normalized spacial score (nSPS) is 17.2. The van der Waals surface area contributed by atoms with Gasteiger partial charge < -0.3 is 24.5 Å². The molecule has 11 nitrogen and oxygen atoms in total. The van der Waals surface area contributed by atoms with Crippen molar-refractivity contribution in [2.24, 2.45) is 18.7 Å². The van der Waals surface area contributed by atoms with Gasteiger partial charge in [0.15, 0.2) is 5.82 Å². The highest BCUT2D eigenvalue weighted by Crippen LogP contribution is 2.37. The number of rotatable bonds is 9. The van der Waals surface area contributed by atoms with Gasteiger partial charge in [0.25, 0.3) is 5.91 Å². The lowest BCUT2D eigenvalue weighted by atomic mass is 9.97. The summed E-state index contributed by atoms with van der Waals surface area (Å²) >= 11 is 0. The number of aryl methyl sites for hydroxylation is 2. The van der Waals surface area contributed by atoms with Gasteiger partial charge >= 0.3 is 6.09 Å². The van der Waals surface area contributed by atoms with Gasteiger partial charge in [0.2, 0.25) is 0 Å². The van der Waals surface area contributed by atoms with Crippen molar-refractivity contribution < 1.29 is 18.7 Å². The predicted molar refractivity (Wildman–Crippen MR) is 177 cm³/mol. The molecule has 0 radical (unpaired) electrons. The molecule has 0 bridgehead atoms. The Balaban J connectivity index is 1.20. The van der Waals surface area contributed by atoms with E-state index in [-0.39, 0.29) is 18.5 Å². The number of anilines is 1. The fourth-order valence-corrected chi connectivity index (χ4v) is 6.90. The SMILES string of the molecule is CCc1nc(N2CCOC2=O)ccc1-c1ccc2cc(-c3nc4cc5c(cc4n3C)CCN(C[C@H](N)CF)C5=O)n(CC3CC3)c2n1. The summed E-state index contributed by atoms with van der Waals surface area (Å²) in [5, 5.41) is 1.02. The first-order valence-electron chi connectivity index (χ1n) is 16.4. The number of alkyl halides is 1. The predicted octanol–water partition coefficient (Wildman–Crippen LogP) is 4.88. The van der Waals surface area contributed by atoms with Crippen molar-refractivity contribution in [3.8, 4) is 22.8 Å². The van der Waals surface area contributed by atoms with E-state index in [9.17, 15) is 14.0 Å². The number of benzene rings is 1. The van der Waals surface area contributed by atoms with Crippen LogP contribution in [0, 0.1) is 5.92 Å². The molecule has 1 atom stereocenters. The third kappa shape index (κ3) is 5.11. The van der Waals surface area contributed by atoms with Gasteiger partial charge in [-0.25, -0.2) is 24.1 Å². The van der Waals surface area contributed by atoms with Crippen molar-refractivity contribution >= 4 is 39.9 Å². The number of halogens is 1. The minimum Gasteiger partial charge on any atom is -0.447 e. The monoisotopic (exact) mass is 636 g/mol. The molecule has 12 heteroatoms. The van der Waals surface area contributed by atoms with Crippen molar-refractivity contribution in [1.29, 1.82) is 0 Å². The van der Waals surface area contributed by atoms with E-state index in [0.717, 1.165) is 62.6 Å². The molecule has 1 aromatic carbocycles. The highest BCUT2D eigenvalue weighted by Gasteiger charge is 2.30. The molecule has 0 unspecified atom stereocenters. The number of imidazole rings is 1. The molecule has 8 rings (SSSR count). The van der Waals surface area contributed by atoms with E-state index in [0.29, 0.717) is 49.8 Å². The number of pyridine rings is 2. The van der Waals surface area contributed by atoms with E-state index in [2.05, 4.69) is 34.3 Å². The van der Waals surface area contributed by atoms with E-state index in [4.69, 9.17) is 25.4 Å². The number of ether oxygens (including phenoxy) is 1. The van der Waals surface area contributed by atoms with Crippen LogP contribution in [0.2, 0.25) is 0 Å². The minimum atomic E-state index is -0.687. The first-order valence-corrected chi connectivity index (χ1v) is 16.4. The molecule has 3 aliphatic rings. The summed E-state index contributed by atoms with van der Waals surface area (Å²) < 4.78 is 22.6. The zero-order valence-electron chi connectivity index (χ0n) is 26.6. The first-order chi connectivity index (χ1) is 22.8. The molecule has 2 aliphatic heterocycles. The highest BCUT2D eigenvalue weighted by atomic mass is 19.1. The van der Waals surface area contributed by atoms with Crippen LogP contribution in [0.15, 0.2) is 42.5 Å². The molecule has 1 saturated carbocycles. The fourth-order valence-electron chi connectivity index (χ4n) is 6.90. The van der Waals surface area contributed by atoms with Gasteiger partial charge in [0.05, 0.1) is 40.7 Å². The van der Waals surface area contributed by atoms with Crippen LogP contribution in [0.3, 0.4) is 0 Å². The lowest BCUT2D eigenvalue weighted by Crippen LogP contribution is -2.45. The summed E-state index contributed by atoms with van der Waals surface area (Å²) in [6.07, 6.45) is 3.37. The number of fused-ring (bicyclic) bond motifs is 3. The third-order valence-corrected chi connectivity index (χ3v) is 9.65. The fraction of sp³-hybridized carbons (Fsp3) is 0.400. The van der Waals surface area contributed by atoms with Crippen LogP contribution < -0.4 is 10.6 Å². The Kier molecular flexibility index (Phi) is 7.20. The van der Waals surface area contributed by atoms with Crippen molar-refractivity contribution in [3.63, 3.8) is 0 Å². The van der Waals surface area contributed by atoms with Gasteiger partial charge in [-0.3, -0.25) is 9.69 Å². The molecule has 2 fully saturated rings. The van der Waals surface area contributed by atoms with Crippen molar-refractivity contribution in [2.45, 2.75) is 45.2 Å². The van der Waals surface area contributed by atoms with Gasteiger partial charge in [-0.2, -0.15) is 0 Å². The van der Waals surface area contributed by atoms with Crippen LogP contribution in [0.4, 0.5) is 15.0 Å². The largest absolute Gasteiger partial charge is 0.447 e. The summed E-state index contributed by atoms with van der Waals surface area (Å²) in [4.78, 5) is 43.8. The van der Waals surface area contributed by atoms with E-state index in [1.54, 1.807) is 9.80 Å². The molecule has 6 heterocycles. The average Bonchev–Trinajstić information content (AvgIpc) is 3.57. The zero-order chi connectivity index (χ0) is 32.4. The molecular weight excluding hydrogens is 599 g/mol. The quantitative estimate of drug-likeness (QED) is 0.245. The summed E-state index contributed by atoms with van der Waals surface area (Å²) in [5.74, 6) is 1.86. The number of carbonyl (C=O) groups excluding carboxylic acids is 2. The molecular formula is C35H37FN8O3. The number of nitrogens with two attached hydrogens (primary N) is 1. The Hall–Kier alpha value is -4.84. The van der Waals surface area contributed by atoms with E-state index >= 15 is 0 Å².